The zero-order valence-corrected chi connectivity index (χ0v) is 11.2. The number of aromatic nitrogens is 4. The third-order valence-electron chi connectivity index (χ3n) is 3.32. The van der Waals surface area contributed by atoms with E-state index in [0.29, 0.717) is 5.92 Å². The van der Waals surface area contributed by atoms with Crippen LogP contribution in [0.2, 0.25) is 0 Å². The molecule has 0 radical (unpaired) electrons. The quantitative estimate of drug-likeness (QED) is 0.816. The second-order valence-electron chi connectivity index (χ2n) is 4.58. The van der Waals surface area contributed by atoms with Gasteiger partial charge in [-0.3, -0.25) is 4.79 Å². The molecule has 102 valence electrons. The summed E-state index contributed by atoms with van der Waals surface area (Å²) in [5.74, 6) is 0.604. The molecule has 0 spiro atoms. The van der Waals surface area contributed by atoms with Crippen LogP contribution < -0.4 is 5.73 Å². The number of halogens is 1. The summed E-state index contributed by atoms with van der Waals surface area (Å²) in [5.41, 5.74) is 5.86. The maximum Gasteiger partial charge on any atom is 0.244 e. The number of rotatable bonds is 3. The number of carbonyl (C=O) groups excluding carboxylic acids is 1. The summed E-state index contributed by atoms with van der Waals surface area (Å²) in [5, 5.41) is 10.7. The number of hydrogen-bond acceptors (Lipinski definition) is 5. The molecular weight excluding hydrogens is 256 g/mol. The number of carbonyl (C=O) groups is 1. The van der Waals surface area contributed by atoms with Gasteiger partial charge in [0, 0.05) is 19.1 Å². The van der Waals surface area contributed by atoms with Gasteiger partial charge in [0.15, 0.2) is 0 Å². The minimum absolute atomic E-state index is 0. The summed E-state index contributed by atoms with van der Waals surface area (Å²) in [6.07, 6.45) is 3.42. The van der Waals surface area contributed by atoms with Gasteiger partial charge in [0.1, 0.15) is 12.9 Å². The lowest BCUT2D eigenvalue weighted by Gasteiger charge is -2.33. The molecule has 0 saturated carbocycles. The van der Waals surface area contributed by atoms with Gasteiger partial charge < -0.3 is 10.6 Å². The van der Waals surface area contributed by atoms with Crippen molar-refractivity contribution < 1.29 is 4.79 Å². The van der Waals surface area contributed by atoms with Gasteiger partial charge in [-0.25, -0.2) is 4.68 Å². The van der Waals surface area contributed by atoms with Crippen molar-refractivity contribution in [3.8, 4) is 0 Å². The Morgan fingerprint density at radius 2 is 2.17 bits per heavy atom. The van der Waals surface area contributed by atoms with E-state index in [4.69, 9.17) is 5.73 Å². The van der Waals surface area contributed by atoms with Crippen molar-refractivity contribution in [2.24, 2.45) is 11.7 Å². The summed E-state index contributed by atoms with van der Waals surface area (Å²) >= 11 is 0. The molecule has 1 aromatic heterocycles. The van der Waals surface area contributed by atoms with E-state index in [0.717, 1.165) is 25.9 Å². The molecule has 2 N–H and O–H groups in total. The SMILES string of the molecule is CC(N)C1CCN(C(=O)Cn2cnnn2)CC1.Cl. The van der Waals surface area contributed by atoms with Gasteiger partial charge in [0.25, 0.3) is 0 Å². The first-order valence-electron chi connectivity index (χ1n) is 5.91. The van der Waals surface area contributed by atoms with E-state index in [1.807, 2.05) is 11.8 Å². The normalized spacial score (nSPS) is 18.2. The number of amides is 1. The van der Waals surface area contributed by atoms with Crippen molar-refractivity contribution in [1.82, 2.24) is 25.1 Å². The van der Waals surface area contributed by atoms with Crippen LogP contribution in [0.25, 0.3) is 0 Å². The predicted octanol–water partition coefficient (Wildman–Crippen LogP) is -0.319. The lowest BCUT2D eigenvalue weighted by Crippen LogP contribution is -2.43. The van der Waals surface area contributed by atoms with Gasteiger partial charge in [-0.05, 0) is 36.1 Å². The number of piperidine rings is 1. The Kier molecular flexibility index (Phi) is 5.49. The number of nitrogens with two attached hydrogens (primary N) is 1. The number of hydrogen-bond donors (Lipinski definition) is 1. The average Bonchev–Trinajstić information content (AvgIpc) is 2.82. The van der Waals surface area contributed by atoms with Crippen molar-refractivity contribution in [2.45, 2.75) is 32.4 Å². The van der Waals surface area contributed by atoms with Crippen molar-refractivity contribution >= 4 is 18.3 Å². The van der Waals surface area contributed by atoms with Gasteiger partial charge in [-0.2, -0.15) is 0 Å². The van der Waals surface area contributed by atoms with Crippen molar-refractivity contribution in [3.05, 3.63) is 6.33 Å². The molecule has 18 heavy (non-hydrogen) atoms. The smallest absolute Gasteiger partial charge is 0.244 e. The lowest BCUT2D eigenvalue weighted by atomic mass is 9.91. The van der Waals surface area contributed by atoms with Crippen LogP contribution in [0.1, 0.15) is 19.8 Å². The molecule has 1 aromatic rings. The molecule has 1 aliphatic heterocycles. The zero-order valence-electron chi connectivity index (χ0n) is 10.4. The number of tetrazole rings is 1. The third-order valence-corrected chi connectivity index (χ3v) is 3.32. The van der Waals surface area contributed by atoms with Crippen molar-refractivity contribution in [2.75, 3.05) is 13.1 Å². The first-order valence-corrected chi connectivity index (χ1v) is 5.91. The summed E-state index contributed by atoms with van der Waals surface area (Å²) in [6.45, 7) is 3.82. The average molecular weight is 275 g/mol. The van der Waals surface area contributed by atoms with E-state index in [2.05, 4.69) is 15.5 Å². The molecule has 1 saturated heterocycles. The van der Waals surface area contributed by atoms with Crippen LogP contribution in [0.4, 0.5) is 0 Å². The Hall–Kier alpha value is -1.21. The van der Waals surface area contributed by atoms with E-state index in [1.165, 1.54) is 11.0 Å². The minimum atomic E-state index is 0. The monoisotopic (exact) mass is 274 g/mol. The molecular formula is C10H19ClN6O. The van der Waals surface area contributed by atoms with Crippen molar-refractivity contribution in [3.63, 3.8) is 0 Å². The zero-order chi connectivity index (χ0) is 12.3. The Bertz CT molecular complexity index is 360. The number of likely N-dealkylation sites (tertiary alicyclic amines) is 1. The molecule has 1 unspecified atom stereocenters. The Labute approximate surface area is 112 Å². The summed E-state index contributed by atoms with van der Waals surface area (Å²) < 4.78 is 1.44. The fraction of sp³-hybridized carbons (Fsp3) is 0.800. The first-order chi connectivity index (χ1) is 8.16. The predicted molar refractivity (Wildman–Crippen MR) is 68.0 cm³/mol. The van der Waals surface area contributed by atoms with Crippen LogP contribution >= 0.6 is 12.4 Å². The molecule has 0 aliphatic carbocycles. The third kappa shape index (κ3) is 3.64. The second-order valence-corrected chi connectivity index (χ2v) is 4.58. The Morgan fingerprint density at radius 1 is 1.50 bits per heavy atom. The van der Waals surface area contributed by atoms with Crippen LogP contribution in [0, 0.1) is 5.92 Å². The van der Waals surface area contributed by atoms with E-state index < -0.39 is 0 Å². The summed E-state index contributed by atoms with van der Waals surface area (Å²) in [7, 11) is 0. The van der Waals surface area contributed by atoms with Crippen LogP contribution in [-0.2, 0) is 11.3 Å². The summed E-state index contributed by atoms with van der Waals surface area (Å²) in [6, 6.07) is 0.215. The highest BCUT2D eigenvalue weighted by molar-refractivity contribution is 5.85. The Morgan fingerprint density at radius 3 is 2.67 bits per heavy atom. The lowest BCUT2D eigenvalue weighted by molar-refractivity contribution is -0.133. The molecule has 1 amide bonds. The highest BCUT2D eigenvalue weighted by Gasteiger charge is 2.24. The van der Waals surface area contributed by atoms with Crippen LogP contribution in [-0.4, -0.2) is 50.1 Å². The van der Waals surface area contributed by atoms with Gasteiger partial charge in [-0.15, -0.1) is 17.5 Å². The largest absolute Gasteiger partial charge is 0.341 e. The molecule has 2 rings (SSSR count). The van der Waals surface area contributed by atoms with Gasteiger partial charge in [0.05, 0.1) is 0 Å². The Balaban J connectivity index is 0.00000162. The molecule has 7 nitrogen and oxygen atoms in total. The fourth-order valence-electron chi connectivity index (χ4n) is 2.17. The minimum Gasteiger partial charge on any atom is -0.341 e. The maximum absolute atomic E-state index is 11.9. The van der Waals surface area contributed by atoms with E-state index in [9.17, 15) is 4.79 Å². The maximum atomic E-state index is 11.9. The van der Waals surface area contributed by atoms with Crippen LogP contribution in [0.3, 0.4) is 0 Å². The topological polar surface area (TPSA) is 89.9 Å². The molecule has 1 fully saturated rings. The van der Waals surface area contributed by atoms with E-state index in [-0.39, 0.29) is 30.9 Å². The molecule has 1 aliphatic rings. The van der Waals surface area contributed by atoms with Gasteiger partial charge in [0.2, 0.25) is 5.91 Å². The molecule has 8 heteroatoms. The molecule has 2 heterocycles. The van der Waals surface area contributed by atoms with Crippen LogP contribution in [0.15, 0.2) is 6.33 Å². The molecule has 1 atom stereocenters. The van der Waals surface area contributed by atoms with E-state index >= 15 is 0 Å². The van der Waals surface area contributed by atoms with E-state index in [1.54, 1.807) is 0 Å². The standard InChI is InChI=1S/C10H18N6O.ClH/c1-8(11)9-2-4-15(5-3-9)10(17)6-16-7-12-13-14-16;/h7-9H,2-6,11H2,1H3;1H. The molecule has 0 bridgehead atoms. The highest BCUT2D eigenvalue weighted by atomic mass is 35.5. The van der Waals surface area contributed by atoms with Gasteiger partial charge >= 0.3 is 0 Å². The van der Waals surface area contributed by atoms with Crippen LogP contribution in [0.5, 0.6) is 0 Å². The first kappa shape index (κ1) is 14.8. The highest BCUT2D eigenvalue weighted by Crippen LogP contribution is 2.19. The van der Waals surface area contributed by atoms with Crippen molar-refractivity contribution in [1.29, 1.82) is 0 Å². The fourth-order valence-corrected chi connectivity index (χ4v) is 2.17. The van der Waals surface area contributed by atoms with Gasteiger partial charge in [-0.1, -0.05) is 0 Å². The molecule has 0 aromatic carbocycles. The number of nitrogens with zero attached hydrogens (tertiary/aromatic N) is 5. The summed E-state index contributed by atoms with van der Waals surface area (Å²) in [4.78, 5) is 13.8. The second kappa shape index (κ2) is 6.65.